The third-order valence-electron chi connectivity index (χ3n) is 2.49. The van der Waals surface area contributed by atoms with Crippen LogP contribution in [0.4, 0.5) is 10.1 Å². The van der Waals surface area contributed by atoms with Crippen molar-refractivity contribution in [1.29, 1.82) is 0 Å². The number of rotatable bonds is 6. The molecule has 0 aliphatic heterocycles. The molecule has 0 heterocycles. The number of nitrogens with zero attached hydrogens (tertiary/aromatic N) is 1. The van der Waals surface area contributed by atoms with Gasteiger partial charge in [-0.1, -0.05) is 12.1 Å². The molecule has 0 N–H and O–H groups in total. The molecule has 0 unspecified atom stereocenters. The molecular formula is C14H12FNO4. The number of nitro groups is 1. The summed E-state index contributed by atoms with van der Waals surface area (Å²) < 4.78 is 23.8. The minimum atomic E-state index is -0.481. The van der Waals surface area contributed by atoms with Gasteiger partial charge in [-0.15, -0.1) is 0 Å². The van der Waals surface area contributed by atoms with Gasteiger partial charge < -0.3 is 9.47 Å². The Labute approximate surface area is 114 Å². The van der Waals surface area contributed by atoms with Crippen molar-refractivity contribution in [1.82, 2.24) is 0 Å². The van der Waals surface area contributed by atoms with Gasteiger partial charge in [-0.25, -0.2) is 4.39 Å². The van der Waals surface area contributed by atoms with Gasteiger partial charge in [-0.3, -0.25) is 10.1 Å². The number of para-hydroxylation sites is 1. The average Bonchev–Trinajstić information content (AvgIpc) is 2.46. The third kappa shape index (κ3) is 3.68. The monoisotopic (exact) mass is 277 g/mol. The first-order valence-electron chi connectivity index (χ1n) is 5.91. The van der Waals surface area contributed by atoms with Gasteiger partial charge >= 0.3 is 0 Å². The molecule has 0 aromatic heterocycles. The highest BCUT2D eigenvalue weighted by Crippen LogP contribution is 2.18. The van der Waals surface area contributed by atoms with E-state index in [1.54, 1.807) is 12.1 Å². The largest absolute Gasteiger partial charge is 0.490 e. The number of ether oxygens (including phenoxy) is 2. The lowest BCUT2D eigenvalue weighted by Gasteiger charge is -2.08. The molecular weight excluding hydrogens is 265 g/mol. The van der Waals surface area contributed by atoms with Gasteiger partial charge in [0.25, 0.3) is 5.69 Å². The molecule has 0 aliphatic carbocycles. The van der Waals surface area contributed by atoms with Crippen molar-refractivity contribution in [2.24, 2.45) is 0 Å². The Kier molecular flexibility index (Phi) is 4.49. The first-order chi connectivity index (χ1) is 9.66. The SMILES string of the molecule is O=[N+]([O-])c1ccc(OCCOc2ccccc2F)cc1. The van der Waals surface area contributed by atoms with E-state index in [1.807, 2.05) is 0 Å². The molecule has 0 atom stereocenters. The normalized spacial score (nSPS) is 10.1. The van der Waals surface area contributed by atoms with E-state index in [9.17, 15) is 14.5 Å². The quantitative estimate of drug-likeness (QED) is 0.462. The fraction of sp³-hybridized carbons (Fsp3) is 0.143. The predicted molar refractivity (Wildman–Crippen MR) is 70.5 cm³/mol. The molecule has 0 saturated carbocycles. The highest BCUT2D eigenvalue weighted by atomic mass is 19.1. The number of non-ortho nitro benzene ring substituents is 1. The van der Waals surface area contributed by atoms with Crippen molar-refractivity contribution in [2.45, 2.75) is 0 Å². The zero-order valence-corrected chi connectivity index (χ0v) is 10.5. The van der Waals surface area contributed by atoms with E-state index >= 15 is 0 Å². The second kappa shape index (κ2) is 6.51. The smallest absolute Gasteiger partial charge is 0.269 e. The lowest BCUT2D eigenvalue weighted by atomic mass is 10.3. The van der Waals surface area contributed by atoms with E-state index in [-0.39, 0.29) is 24.7 Å². The fourth-order valence-electron chi connectivity index (χ4n) is 1.54. The lowest BCUT2D eigenvalue weighted by molar-refractivity contribution is -0.384. The van der Waals surface area contributed by atoms with E-state index in [2.05, 4.69) is 0 Å². The second-order valence-electron chi connectivity index (χ2n) is 3.88. The van der Waals surface area contributed by atoms with Crippen LogP contribution in [0.1, 0.15) is 0 Å². The summed E-state index contributed by atoms with van der Waals surface area (Å²) in [6, 6.07) is 11.8. The molecule has 0 saturated heterocycles. The summed E-state index contributed by atoms with van der Waals surface area (Å²) in [5.74, 6) is 0.232. The molecule has 0 spiro atoms. The van der Waals surface area contributed by atoms with Crippen molar-refractivity contribution < 1.29 is 18.8 Å². The minimum absolute atomic E-state index is 0.0000402. The van der Waals surface area contributed by atoms with Crippen LogP contribution in [0, 0.1) is 15.9 Å². The van der Waals surface area contributed by atoms with Crippen LogP contribution in [0.5, 0.6) is 11.5 Å². The summed E-state index contributed by atoms with van der Waals surface area (Å²) in [7, 11) is 0. The van der Waals surface area contributed by atoms with Crippen LogP contribution < -0.4 is 9.47 Å². The minimum Gasteiger partial charge on any atom is -0.490 e. The van der Waals surface area contributed by atoms with Gasteiger partial charge in [0.2, 0.25) is 0 Å². The molecule has 104 valence electrons. The number of nitro benzene ring substituents is 1. The van der Waals surface area contributed by atoms with Crippen LogP contribution >= 0.6 is 0 Å². The van der Waals surface area contributed by atoms with Crippen molar-refractivity contribution >= 4 is 5.69 Å². The molecule has 0 amide bonds. The summed E-state index contributed by atoms with van der Waals surface area (Å²) in [5.41, 5.74) is -0.0000402. The lowest BCUT2D eigenvalue weighted by Crippen LogP contribution is -2.09. The van der Waals surface area contributed by atoms with E-state index in [4.69, 9.17) is 9.47 Å². The van der Waals surface area contributed by atoms with Gasteiger partial charge in [0, 0.05) is 12.1 Å². The van der Waals surface area contributed by atoms with E-state index in [0.717, 1.165) is 0 Å². The summed E-state index contributed by atoms with van der Waals surface area (Å²) in [6.07, 6.45) is 0. The maximum Gasteiger partial charge on any atom is 0.269 e. The molecule has 0 aliphatic rings. The van der Waals surface area contributed by atoms with Crippen molar-refractivity contribution in [3.63, 3.8) is 0 Å². The average molecular weight is 277 g/mol. The number of benzene rings is 2. The Hall–Kier alpha value is -2.63. The van der Waals surface area contributed by atoms with Gasteiger partial charge in [0.1, 0.15) is 19.0 Å². The second-order valence-corrected chi connectivity index (χ2v) is 3.88. The Morgan fingerprint density at radius 1 is 1.00 bits per heavy atom. The fourth-order valence-corrected chi connectivity index (χ4v) is 1.54. The van der Waals surface area contributed by atoms with Crippen LogP contribution in [-0.4, -0.2) is 18.1 Å². The zero-order valence-electron chi connectivity index (χ0n) is 10.5. The molecule has 5 nitrogen and oxygen atoms in total. The van der Waals surface area contributed by atoms with Crippen molar-refractivity contribution in [2.75, 3.05) is 13.2 Å². The molecule has 2 aromatic rings. The standard InChI is InChI=1S/C14H12FNO4/c15-13-3-1-2-4-14(13)20-10-9-19-12-7-5-11(6-8-12)16(17)18/h1-8H,9-10H2. The number of hydrogen-bond acceptors (Lipinski definition) is 4. The van der Waals surface area contributed by atoms with E-state index < -0.39 is 10.7 Å². The molecule has 2 rings (SSSR count). The van der Waals surface area contributed by atoms with Crippen LogP contribution in [0.2, 0.25) is 0 Å². The van der Waals surface area contributed by atoms with E-state index in [1.165, 1.54) is 36.4 Å². The highest BCUT2D eigenvalue weighted by Gasteiger charge is 2.05. The molecule has 0 bridgehead atoms. The van der Waals surface area contributed by atoms with Crippen molar-refractivity contribution in [3.8, 4) is 11.5 Å². The van der Waals surface area contributed by atoms with Gasteiger partial charge in [-0.2, -0.15) is 0 Å². The topological polar surface area (TPSA) is 61.6 Å². The Balaban J connectivity index is 1.79. The molecule has 0 fully saturated rings. The summed E-state index contributed by atoms with van der Waals surface area (Å²) >= 11 is 0. The van der Waals surface area contributed by atoms with E-state index in [0.29, 0.717) is 5.75 Å². The Bertz CT molecular complexity index is 586. The summed E-state index contributed by atoms with van der Waals surface area (Å²) in [4.78, 5) is 9.99. The summed E-state index contributed by atoms with van der Waals surface area (Å²) in [5, 5.41) is 10.5. The number of halogens is 1. The number of hydrogen-bond donors (Lipinski definition) is 0. The molecule has 2 aromatic carbocycles. The maximum atomic E-state index is 13.2. The Morgan fingerprint density at radius 2 is 1.65 bits per heavy atom. The third-order valence-corrected chi connectivity index (χ3v) is 2.49. The first kappa shape index (κ1) is 13.8. The first-order valence-corrected chi connectivity index (χ1v) is 5.91. The molecule has 6 heteroatoms. The zero-order chi connectivity index (χ0) is 14.4. The van der Waals surface area contributed by atoms with Crippen LogP contribution in [0.25, 0.3) is 0 Å². The molecule has 20 heavy (non-hydrogen) atoms. The van der Waals surface area contributed by atoms with Crippen molar-refractivity contribution in [3.05, 3.63) is 64.5 Å². The highest BCUT2D eigenvalue weighted by molar-refractivity contribution is 5.35. The van der Waals surface area contributed by atoms with Gasteiger partial charge in [0.15, 0.2) is 11.6 Å². The maximum absolute atomic E-state index is 13.2. The Morgan fingerprint density at radius 3 is 2.30 bits per heavy atom. The summed E-state index contributed by atoms with van der Waals surface area (Å²) in [6.45, 7) is 0.393. The molecule has 0 radical (unpaired) electrons. The van der Waals surface area contributed by atoms with Gasteiger partial charge in [-0.05, 0) is 24.3 Å². The van der Waals surface area contributed by atoms with Crippen LogP contribution in [-0.2, 0) is 0 Å². The van der Waals surface area contributed by atoms with Gasteiger partial charge in [0.05, 0.1) is 4.92 Å². The van der Waals surface area contributed by atoms with Crippen LogP contribution in [0.15, 0.2) is 48.5 Å². The predicted octanol–water partition coefficient (Wildman–Crippen LogP) is 3.19. The van der Waals surface area contributed by atoms with Crippen LogP contribution in [0.3, 0.4) is 0 Å².